The van der Waals surface area contributed by atoms with Crippen LogP contribution in [0.15, 0.2) is 18.5 Å². The van der Waals surface area contributed by atoms with E-state index in [1.807, 2.05) is 6.92 Å². The SMILES string of the molecule is CCNc1cnccc1C(=O)NCC1CCC(C)C1. The highest BCUT2D eigenvalue weighted by atomic mass is 16.1. The van der Waals surface area contributed by atoms with Crippen LogP contribution < -0.4 is 10.6 Å². The summed E-state index contributed by atoms with van der Waals surface area (Å²) in [5.74, 6) is 1.45. The molecule has 0 radical (unpaired) electrons. The Balaban J connectivity index is 1.92. The van der Waals surface area contributed by atoms with E-state index in [2.05, 4.69) is 22.5 Å². The Morgan fingerprint density at radius 3 is 3.00 bits per heavy atom. The third-order valence-electron chi connectivity index (χ3n) is 3.79. The summed E-state index contributed by atoms with van der Waals surface area (Å²) in [6.45, 7) is 5.87. The molecule has 4 nitrogen and oxygen atoms in total. The molecule has 4 heteroatoms. The second kappa shape index (κ2) is 6.55. The number of aromatic nitrogens is 1. The smallest absolute Gasteiger partial charge is 0.253 e. The molecular weight excluding hydrogens is 238 g/mol. The van der Waals surface area contributed by atoms with E-state index in [0.29, 0.717) is 11.5 Å². The van der Waals surface area contributed by atoms with E-state index in [9.17, 15) is 4.79 Å². The highest BCUT2D eigenvalue weighted by molar-refractivity contribution is 5.99. The molecule has 2 rings (SSSR count). The Labute approximate surface area is 115 Å². The van der Waals surface area contributed by atoms with E-state index in [-0.39, 0.29) is 5.91 Å². The number of pyridine rings is 1. The number of nitrogens with zero attached hydrogens (tertiary/aromatic N) is 1. The van der Waals surface area contributed by atoms with Crippen molar-refractivity contribution in [3.63, 3.8) is 0 Å². The summed E-state index contributed by atoms with van der Waals surface area (Å²) in [4.78, 5) is 16.3. The van der Waals surface area contributed by atoms with Crippen LogP contribution in [0.4, 0.5) is 5.69 Å². The first kappa shape index (κ1) is 13.8. The standard InChI is InChI=1S/C15H23N3O/c1-3-17-14-10-16-7-6-13(14)15(19)18-9-12-5-4-11(2)8-12/h6-7,10-12,17H,3-5,8-9H2,1-2H3,(H,18,19). The lowest BCUT2D eigenvalue weighted by Gasteiger charge is -2.13. The monoisotopic (exact) mass is 261 g/mol. The van der Waals surface area contributed by atoms with Gasteiger partial charge in [-0.2, -0.15) is 0 Å². The summed E-state index contributed by atoms with van der Waals surface area (Å²) in [6.07, 6.45) is 7.12. The number of carbonyl (C=O) groups is 1. The van der Waals surface area contributed by atoms with Gasteiger partial charge in [0.15, 0.2) is 0 Å². The van der Waals surface area contributed by atoms with Crippen molar-refractivity contribution in [3.05, 3.63) is 24.0 Å². The van der Waals surface area contributed by atoms with Crippen molar-refractivity contribution in [2.75, 3.05) is 18.4 Å². The van der Waals surface area contributed by atoms with Gasteiger partial charge in [-0.05, 0) is 37.7 Å². The van der Waals surface area contributed by atoms with Crippen molar-refractivity contribution >= 4 is 11.6 Å². The predicted molar refractivity (Wildman–Crippen MR) is 77.2 cm³/mol. The number of hydrogen-bond acceptors (Lipinski definition) is 3. The van der Waals surface area contributed by atoms with Crippen molar-refractivity contribution in [1.82, 2.24) is 10.3 Å². The van der Waals surface area contributed by atoms with Crippen LogP contribution in [-0.2, 0) is 0 Å². The van der Waals surface area contributed by atoms with Crippen LogP contribution in [0.3, 0.4) is 0 Å². The summed E-state index contributed by atoms with van der Waals surface area (Å²) in [5, 5.41) is 6.22. The van der Waals surface area contributed by atoms with Crippen LogP contribution >= 0.6 is 0 Å². The molecule has 1 aromatic rings. The fourth-order valence-electron chi connectivity index (χ4n) is 2.77. The van der Waals surface area contributed by atoms with Crippen molar-refractivity contribution < 1.29 is 4.79 Å². The molecule has 0 bridgehead atoms. The average Bonchev–Trinajstić information content (AvgIpc) is 2.83. The molecule has 0 aromatic carbocycles. The van der Waals surface area contributed by atoms with Gasteiger partial charge in [-0.25, -0.2) is 0 Å². The van der Waals surface area contributed by atoms with Crippen molar-refractivity contribution in [2.24, 2.45) is 11.8 Å². The first-order chi connectivity index (χ1) is 9.20. The predicted octanol–water partition coefficient (Wildman–Crippen LogP) is 2.68. The van der Waals surface area contributed by atoms with Gasteiger partial charge in [0.05, 0.1) is 17.4 Å². The van der Waals surface area contributed by atoms with Gasteiger partial charge >= 0.3 is 0 Å². The molecule has 0 aliphatic heterocycles. The number of amides is 1. The third-order valence-corrected chi connectivity index (χ3v) is 3.79. The minimum absolute atomic E-state index is 0.00194. The molecule has 19 heavy (non-hydrogen) atoms. The molecule has 1 heterocycles. The molecule has 2 unspecified atom stereocenters. The van der Waals surface area contributed by atoms with E-state index in [1.165, 1.54) is 19.3 Å². The topological polar surface area (TPSA) is 54.0 Å². The molecule has 1 aliphatic carbocycles. The quantitative estimate of drug-likeness (QED) is 0.857. The average molecular weight is 261 g/mol. The van der Waals surface area contributed by atoms with Crippen LogP contribution in [0.25, 0.3) is 0 Å². The summed E-state index contributed by atoms with van der Waals surface area (Å²) in [6, 6.07) is 1.77. The van der Waals surface area contributed by atoms with Gasteiger partial charge in [0.2, 0.25) is 0 Å². The molecule has 104 valence electrons. The maximum atomic E-state index is 12.2. The first-order valence-electron chi connectivity index (χ1n) is 7.16. The molecule has 0 saturated heterocycles. The second-order valence-corrected chi connectivity index (χ2v) is 5.45. The van der Waals surface area contributed by atoms with Crippen LogP contribution in [0.1, 0.15) is 43.5 Å². The minimum Gasteiger partial charge on any atom is -0.383 e. The molecule has 0 spiro atoms. The summed E-state index contributed by atoms with van der Waals surface area (Å²) in [5.41, 5.74) is 1.49. The van der Waals surface area contributed by atoms with Gasteiger partial charge in [-0.15, -0.1) is 0 Å². The lowest BCUT2D eigenvalue weighted by Crippen LogP contribution is -2.29. The van der Waals surface area contributed by atoms with Gasteiger partial charge in [0, 0.05) is 19.3 Å². The Bertz CT molecular complexity index is 433. The van der Waals surface area contributed by atoms with Gasteiger partial charge in [0.1, 0.15) is 0 Å². The van der Waals surface area contributed by atoms with E-state index >= 15 is 0 Å². The van der Waals surface area contributed by atoms with Gasteiger partial charge in [-0.3, -0.25) is 9.78 Å². The lowest BCUT2D eigenvalue weighted by molar-refractivity contribution is 0.0948. The van der Waals surface area contributed by atoms with E-state index < -0.39 is 0 Å². The van der Waals surface area contributed by atoms with Gasteiger partial charge in [0.25, 0.3) is 5.91 Å². The molecular formula is C15H23N3O. The maximum absolute atomic E-state index is 12.2. The number of hydrogen-bond donors (Lipinski definition) is 2. The number of anilines is 1. The Hall–Kier alpha value is -1.58. The van der Waals surface area contributed by atoms with Crippen LogP contribution in [0.2, 0.25) is 0 Å². The molecule has 2 atom stereocenters. The zero-order chi connectivity index (χ0) is 13.7. The zero-order valence-electron chi connectivity index (χ0n) is 11.8. The van der Waals surface area contributed by atoms with Gasteiger partial charge < -0.3 is 10.6 Å². The molecule has 1 aliphatic rings. The fraction of sp³-hybridized carbons (Fsp3) is 0.600. The number of rotatable bonds is 5. The van der Waals surface area contributed by atoms with Crippen molar-refractivity contribution in [1.29, 1.82) is 0 Å². The van der Waals surface area contributed by atoms with Crippen LogP contribution in [-0.4, -0.2) is 24.0 Å². The third kappa shape index (κ3) is 3.69. The normalized spacial score (nSPS) is 22.2. The Morgan fingerprint density at radius 2 is 2.32 bits per heavy atom. The fourth-order valence-corrected chi connectivity index (χ4v) is 2.77. The highest BCUT2D eigenvalue weighted by Gasteiger charge is 2.22. The van der Waals surface area contributed by atoms with Gasteiger partial charge in [-0.1, -0.05) is 13.3 Å². The summed E-state index contributed by atoms with van der Waals surface area (Å²) in [7, 11) is 0. The van der Waals surface area contributed by atoms with Crippen LogP contribution in [0.5, 0.6) is 0 Å². The maximum Gasteiger partial charge on any atom is 0.253 e. The van der Waals surface area contributed by atoms with Crippen molar-refractivity contribution in [3.8, 4) is 0 Å². The zero-order valence-corrected chi connectivity index (χ0v) is 11.8. The minimum atomic E-state index is -0.00194. The highest BCUT2D eigenvalue weighted by Crippen LogP contribution is 2.29. The lowest BCUT2D eigenvalue weighted by atomic mass is 10.1. The number of carbonyl (C=O) groups excluding carboxylic acids is 1. The van der Waals surface area contributed by atoms with E-state index in [1.54, 1.807) is 18.5 Å². The largest absolute Gasteiger partial charge is 0.383 e. The first-order valence-corrected chi connectivity index (χ1v) is 7.16. The van der Waals surface area contributed by atoms with Crippen LogP contribution in [0, 0.1) is 11.8 Å². The molecule has 1 aromatic heterocycles. The molecule has 1 fully saturated rings. The van der Waals surface area contributed by atoms with Crippen molar-refractivity contribution in [2.45, 2.75) is 33.1 Å². The molecule has 1 saturated carbocycles. The summed E-state index contributed by atoms with van der Waals surface area (Å²) < 4.78 is 0. The Kier molecular flexibility index (Phi) is 4.77. The number of nitrogens with one attached hydrogen (secondary N) is 2. The van der Waals surface area contributed by atoms with E-state index in [0.717, 1.165) is 24.7 Å². The second-order valence-electron chi connectivity index (χ2n) is 5.45. The molecule has 1 amide bonds. The summed E-state index contributed by atoms with van der Waals surface area (Å²) >= 11 is 0. The Morgan fingerprint density at radius 1 is 1.47 bits per heavy atom. The molecule has 2 N–H and O–H groups in total. The van der Waals surface area contributed by atoms with E-state index in [4.69, 9.17) is 0 Å².